The van der Waals surface area contributed by atoms with E-state index in [0.29, 0.717) is 10.1 Å². The lowest BCUT2D eigenvalue weighted by Crippen LogP contribution is -3.12. The van der Waals surface area contributed by atoms with Crippen LogP contribution in [0.5, 0.6) is 0 Å². The van der Waals surface area contributed by atoms with E-state index in [-0.39, 0.29) is 0 Å². The minimum Gasteiger partial charge on any atom is -0.370 e. The Morgan fingerprint density at radius 1 is 1.12 bits per heavy atom. The van der Waals surface area contributed by atoms with Crippen molar-refractivity contribution < 1.29 is 9.64 Å². The van der Waals surface area contributed by atoms with Gasteiger partial charge in [-0.2, -0.15) is 0 Å². The summed E-state index contributed by atoms with van der Waals surface area (Å²) in [5, 5.41) is 7.52. The molecule has 2 aromatic rings. The zero-order valence-corrected chi connectivity index (χ0v) is 15.8. The normalized spacial score (nSPS) is 15.0. The smallest absolute Gasteiger partial charge is 0.175 e. The molecule has 0 atom stereocenters. The Balaban J connectivity index is 1.54. The van der Waals surface area contributed by atoms with Crippen LogP contribution in [-0.2, 0) is 11.3 Å². The highest BCUT2D eigenvalue weighted by molar-refractivity contribution is 7.80. The van der Waals surface area contributed by atoms with Crippen LogP contribution in [0.25, 0.3) is 0 Å². The van der Waals surface area contributed by atoms with Crippen molar-refractivity contribution in [3.8, 4) is 0 Å². The summed E-state index contributed by atoms with van der Waals surface area (Å²) in [5.74, 6) is 0. The van der Waals surface area contributed by atoms with Gasteiger partial charge in [0.2, 0.25) is 0 Å². The number of rotatable bonds is 4. The van der Waals surface area contributed by atoms with Crippen molar-refractivity contribution in [2.75, 3.05) is 36.9 Å². The fraction of sp³-hybridized carbons (Fsp3) is 0.316. The average Bonchev–Trinajstić information content (AvgIpc) is 2.60. The zero-order valence-electron chi connectivity index (χ0n) is 14.3. The molecule has 2 aromatic carbocycles. The third-order valence-corrected chi connectivity index (χ3v) is 4.76. The van der Waals surface area contributed by atoms with Crippen LogP contribution in [-0.4, -0.2) is 31.4 Å². The number of hydrogen-bond donors (Lipinski definition) is 3. The maximum Gasteiger partial charge on any atom is 0.175 e. The predicted molar refractivity (Wildman–Crippen MR) is 108 cm³/mol. The quantitative estimate of drug-likeness (QED) is 0.717. The summed E-state index contributed by atoms with van der Waals surface area (Å²) in [6.07, 6.45) is 0. The lowest BCUT2D eigenvalue weighted by atomic mass is 10.2. The van der Waals surface area contributed by atoms with E-state index in [2.05, 4.69) is 34.9 Å². The van der Waals surface area contributed by atoms with E-state index in [1.165, 1.54) is 5.56 Å². The highest BCUT2D eigenvalue weighted by Crippen LogP contribution is 2.23. The van der Waals surface area contributed by atoms with Crippen LogP contribution in [0.2, 0.25) is 5.02 Å². The van der Waals surface area contributed by atoms with E-state index in [1.807, 2.05) is 25.1 Å². The summed E-state index contributed by atoms with van der Waals surface area (Å²) in [5.41, 5.74) is 4.20. The number of ether oxygens (including phenoxy) is 1. The molecule has 0 unspecified atom stereocenters. The number of thiocarbonyl (C=S) groups is 1. The largest absolute Gasteiger partial charge is 0.370 e. The van der Waals surface area contributed by atoms with Gasteiger partial charge in [0.25, 0.3) is 0 Å². The molecule has 0 aliphatic carbocycles. The monoisotopic (exact) mass is 376 g/mol. The molecule has 0 aromatic heterocycles. The van der Waals surface area contributed by atoms with Crippen molar-refractivity contribution >= 4 is 40.3 Å². The number of aryl methyl sites for hydroxylation is 1. The molecule has 1 aliphatic rings. The van der Waals surface area contributed by atoms with Crippen molar-refractivity contribution in [3.05, 3.63) is 58.6 Å². The lowest BCUT2D eigenvalue weighted by Gasteiger charge is -2.23. The van der Waals surface area contributed by atoms with Crippen molar-refractivity contribution in [2.45, 2.75) is 13.5 Å². The lowest BCUT2D eigenvalue weighted by molar-refractivity contribution is -0.921. The highest BCUT2D eigenvalue weighted by atomic mass is 35.5. The van der Waals surface area contributed by atoms with Gasteiger partial charge in [0.05, 0.1) is 23.9 Å². The summed E-state index contributed by atoms with van der Waals surface area (Å²) < 4.78 is 5.40. The average molecular weight is 377 g/mol. The fourth-order valence-corrected chi connectivity index (χ4v) is 3.35. The number of quaternary nitrogens is 1. The Hall–Kier alpha value is -1.66. The summed E-state index contributed by atoms with van der Waals surface area (Å²) >= 11 is 11.6. The highest BCUT2D eigenvalue weighted by Gasteiger charge is 2.14. The first-order chi connectivity index (χ1) is 12.1. The molecular formula is C19H23ClN3OS+. The Labute approximate surface area is 159 Å². The minimum absolute atomic E-state index is 0.525. The molecule has 3 rings (SSSR count). The number of benzene rings is 2. The molecule has 0 spiro atoms. The van der Waals surface area contributed by atoms with Crippen LogP contribution in [0.4, 0.5) is 11.4 Å². The number of hydrogen-bond acceptors (Lipinski definition) is 2. The maximum absolute atomic E-state index is 6.23. The number of nitrogens with one attached hydrogen (secondary N) is 3. The van der Waals surface area contributed by atoms with E-state index in [4.69, 9.17) is 28.6 Å². The number of halogens is 1. The zero-order chi connectivity index (χ0) is 17.6. The number of anilines is 2. The summed E-state index contributed by atoms with van der Waals surface area (Å²) in [4.78, 5) is 1.57. The van der Waals surface area contributed by atoms with Gasteiger partial charge in [-0.1, -0.05) is 29.8 Å². The van der Waals surface area contributed by atoms with E-state index < -0.39 is 0 Å². The van der Waals surface area contributed by atoms with Crippen LogP contribution in [0.15, 0.2) is 42.5 Å². The Morgan fingerprint density at radius 3 is 2.52 bits per heavy atom. The van der Waals surface area contributed by atoms with Crippen LogP contribution in [0.1, 0.15) is 11.1 Å². The van der Waals surface area contributed by atoms with Crippen molar-refractivity contribution in [1.82, 2.24) is 0 Å². The van der Waals surface area contributed by atoms with Crippen LogP contribution < -0.4 is 15.5 Å². The molecule has 0 bridgehead atoms. The van der Waals surface area contributed by atoms with E-state index in [1.54, 1.807) is 4.90 Å². The first kappa shape index (κ1) is 18.1. The topological polar surface area (TPSA) is 37.7 Å². The third-order valence-electron chi connectivity index (χ3n) is 4.24. The molecule has 1 aliphatic heterocycles. The molecule has 1 fully saturated rings. The maximum atomic E-state index is 6.23. The van der Waals surface area contributed by atoms with Gasteiger partial charge >= 0.3 is 0 Å². The van der Waals surface area contributed by atoms with Gasteiger partial charge in [0.15, 0.2) is 5.11 Å². The van der Waals surface area contributed by atoms with Crippen molar-refractivity contribution in [1.29, 1.82) is 0 Å². The van der Waals surface area contributed by atoms with Gasteiger partial charge in [-0.25, -0.2) is 0 Å². The summed E-state index contributed by atoms with van der Waals surface area (Å²) in [7, 11) is 0. The molecule has 1 heterocycles. The molecule has 4 nitrogen and oxygen atoms in total. The molecule has 1 saturated heterocycles. The van der Waals surface area contributed by atoms with E-state index in [0.717, 1.165) is 49.8 Å². The second-order valence-corrected chi connectivity index (χ2v) is 7.11. The number of morpholine rings is 1. The molecule has 6 heteroatoms. The standard InChI is InChI=1S/C19H22ClN3OS/c1-14-2-7-18(17(20)12-14)22-19(25)21-16-5-3-15(4-6-16)13-23-8-10-24-11-9-23/h2-7,12H,8-11,13H2,1H3,(H2,21,22,25)/p+1. The van der Waals surface area contributed by atoms with Gasteiger partial charge in [-0.05, 0) is 49.0 Å². The van der Waals surface area contributed by atoms with Gasteiger partial charge in [0, 0.05) is 11.3 Å². The van der Waals surface area contributed by atoms with Crippen LogP contribution in [0, 0.1) is 6.92 Å². The molecule has 0 saturated carbocycles. The molecular weight excluding hydrogens is 354 g/mol. The Bertz CT molecular complexity index is 730. The van der Waals surface area contributed by atoms with Crippen molar-refractivity contribution in [2.24, 2.45) is 0 Å². The van der Waals surface area contributed by atoms with Gasteiger partial charge in [-0.3, -0.25) is 0 Å². The Morgan fingerprint density at radius 2 is 1.84 bits per heavy atom. The van der Waals surface area contributed by atoms with Gasteiger partial charge in [0.1, 0.15) is 19.6 Å². The minimum atomic E-state index is 0.525. The SMILES string of the molecule is Cc1ccc(NC(=S)Nc2ccc(C[NH+]3CCOCC3)cc2)c(Cl)c1. The molecule has 25 heavy (non-hydrogen) atoms. The molecule has 3 N–H and O–H groups in total. The van der Waals surface area contributed by atoms with Crippen molar-refractivity contribution in [3.63, 3.8) is 0 Å². The van der Waals surface area contributed by atoms with E-state index >= 15 is 0 Å². The van der Waals surface area contributed by atoms with E-state index in [9.17, 15) is 0 Å². The molecule has 132 valence electrons. The summed E-state index contributed by atoms with van der Waals surface area (Å²) in [6.45, 7) is 6.90. The second-order valence-electron chi connectivity index (χ2n) is 6.30. The second kappa shape index (κ2) is 8.63. The third kappa shape index (κ3) is 5.41. The molecule has 0 amide bonds. The first-order valence-corrected chi connectivity index (χ1v) is 9.23. The van der Waals surface area contributed by atoms with Crippen LogP contribution in [0.3, 0.4) is 0 Å². The fourth-order valence-electron chi connectivity index (χ4n) is 2.84. The molecule has 0 radical (unpaired) electrons. The predicted octanol–water partition coefficient (Wildman–Crippen LogP) is 2.87. The first-order valence-electron chi connectivity index (χ1n) is 8.44. The van der Waals surface area contributed by atoms with Crippen LogP contribution >= 0.6 is 23.8 Å². The Kier molecular flexibility index (Phi) is 6.26. The van der Waals surface area contributed by atoms with Gasteiger partial charge < -0.3 is 20.3 Å². The summed E-state index contributed by atoms with van der Waals surface area (Å²) in [6, 6.07) is 14.2. The van der Waals surface area contributed by atoms with Gasteiger partial charge in [-0.15, -0.1) is 0 Å².